The molecule has 1 aromatic heterocycles. The first kappa shape index (κ1) is 20.3. The van der Waals surface area contributed by atoms with Crippen LogP contribution in [0.3, 0.4) is 0 Å². The van der Waals surface area contributed by atoms with E-state index in [0.717, 1.165) is 18.2 Å². The Bertz CT molecular complexity index is 1080. The highest BCUT2D eigenvalue weighted by Crippen LogP contribution is 2.24. The molecule has 1 aliphatic heterocycles. The summed E-state index contributed by atoms with van der Waals surface area (Å²) in [5, 5.41) is 2.29. The van der Waals surface area contributed by atoms with E-state index in [0.29, 0.717) is 30.3 Å². The predicted octanol–water partition coefficient (Wildman–Crippen LogP) is 0.617. The fourth-order valence-corrected chi connectivity index (χ4v) is 3.86. The smallest absolute Gasteiger partial charge is 0.295 e. The van der Waals surface area contributed by atoms with Gasteiger partial charge in [0.05, 0.1) is 23.9 Å². The van der Waals surface area contributed by atoms with Crippen molar-refractivity contribution in [3.05, 3.63) is 34.2 Å². The minimum Gasteiger partial charge on any atom is -0.295 e. The molecule has 1 atom stereocenters. The first-order chi connectivity index (χ1) is 13.2. The van der Waals surface area contributed by atoms with Crippen LogP contribution in [-0.4, -0.2) is 42.2 Å². The van der Waals surface area contributed by atoms with Crippen molar-refractivity contribution < 1.29 is 22.2 Å². The van der Waals surface area contributed by atoms with Gasteiger partial charge in [0.1, 0.15) is 6.04 Å². The molecule has 1 fully saturated rings. The van der Waals surface area contributed by atoms with Crippen LogP contribution in [0.15, 0.2) is 23.0 Å². The number of rotatable bonds is 7. The summed E-state index contributed by atoms with van der Waals surface area (Å²) < 4.78 is 29.6. The summed E-state index contributed by atoms with van der Waals surface area (Å²) in [5.41, 5.74) is 2.05. The van der Waals surface area contributed by atoms with Crippen LogP contribution in [0, 0.1) is 0 Å². The molecule has 1 saturated heterocycles. The fourth-order valence-electron chi connectivity index (χ4n) is 3.44. The number of piperidine rings is 1. The lowest BCUT2D eigenvalue weighted by molar-refractivity contribution is -0.135. The second-order valence-corrected chi connectivity index (χ2v) is 8.63. The van der Waals surface area contributed by atoms with E-state index in [1.165, 1.54) is 9.13 Å². The Morgan fingerprint density at radius 1 is 1.18 bits per heavy atom. The molecule has 2 amide bonds. The number of carbonyl (C=O) groups excluding carboxylic acids is 2. The summed E-state index contributed by atoms with van der Waals surface area (Å²) in [6.07, 6.45) is 3.57. The molecule has 0 spiro atoms. The number of nitrogens with one attached hydrogen (secondary N) is 1. The summed E-state index contributed by atoms with van der Waals surface area (Å²) >= 11 is 0. The average molecular weight is 409 g/mol. The second-order valence-electron chi connectivity index (χ2n) is 6.98. The number of nitrogens with zero attached hydrogens (tertiary/aromatic N) is 2. The molecule has 10 heteroatoms. The zero-order chi connectivity index (χ0) is 20.5. The second kappa shape index (κ2) is 7.88. The van der Waals surface area contributed by atoms with Crippen molar-refractivity contribution in [1.82, 2.24) is 14.5 Å². The first-order valence-corrected chi connectivity index (χ1v) is 10.9. The molecule has 0 radical (unpaired) electrons. The number of carbonyl (C=O) groups is 2. The molecule has 0 bridgehead atoms. The summed E-state index contributed by atoms with van der Waals surface area (Å²) in [5.74, 6) is -0.780. The minimum atomic E-state index is -3.42. The molecule has 28 heavy (non-hydrogen) atoms. The summed E-state index contributed by atoms with van der Waals surface area (Å²) in [6.45, 7) is 0.144. The molecule has 0 saturated carbocycles. The first-order valence-electron chi connectivity index (χ1n) is 9.05. The highest BCUT2D eigenvalue weighted by Gasteiger charge is 2.31. The van der Waals surface area contributed by atoms with E-state index in [4.69, 9.17) is 4.18 Å². The quantitative estimate of drug-likeness (QED) is 0.407. The van der Waals surface area contributed by atoms with Gasteiger partial charge in [0, 0.05) is 13.5 Å². The van der Waals surface area contributed by atoms with Crippen molar-refractivity contribution in [3.8, 4) is 0 Å². The number of hydrogen-bond acceptors (Lipinski definition) is 6. The Kier molecular flexibility index (Phi) is 5.71. The molecule has 2 aromatic rings. The van der Waals surface area contributed by atoms with Gasteiger partial charge in [-0.25, -0.2) is 4.79 Å². The zero-order valence-electron chi connectivity index (χ0n) is 15.8. The molecule has 1 unspecified atom stereocenters. The average Bonchev–Trinajstić information content (AvgIpc) is 2.85. The van der Waals surface area contributed by atoms with Crippen LogP contribution in [0.1, 0.15) is 37.3 Å². The van der Waals surface area contributed by atoms with Crippen molar-refractivity contribution in [3.63, 3.8) is 0 Å². The molecule has 1 aromatic carbocycles. The van der Waals surface area contributed by atoms with Crippen molar-refractivity contribution in [2.24, 2.45) is 7.05 Å². The highest BCUT2D eigenvalue weighted by molar-refractivity contribution is 7.85. The predicted molar refractivity (Wildman–Crippen MR) is 102 cm³/mol. The van der Waals surface area contributed by atoms with E-state index >= 15 is 0 Å². The largest absolute Gasteiger partial charge is 0.329 e. The molecular weight excluding hydrogens is 386 g/mol. The van der Waals surface area contributed by atoms with Crippen LogP contribution in [0.4, 0.5) is 0 Å². The number of imidazole rings is 1. The SMILES string of the molecule is Cn1c(=O)n(C2CCC(=O)NC2=O)c2ccc(CCCCOS(C)(=O)=O)cc21. The maximum Gasteiger partial charge on any atom is 0.329 e. The number of aryl methyl sites for hydroxylation is 2. The van der Waals surface area contributed by atoms with Gasteiger partial charge >= 0.3 is 5.69 Å². The van der Waals surface area contributed by atoms with E-state index in [9.17, 15) is 22.8 Å². The van der Waals surface area contributed by atoms with Gasteiger partial charge in [-0.1, -0.05) is 6.07 Å². The summed E-state index contributed by atoms with van der Waals surface area (Å²) in [7, 11) is -1.77. The van der Waals surface area contributed by atoms with Gasteiger partial charge in [0.2, 0.25) is 11.8 Å². The zero-order valence-corrected chi connectivity index (χ0v) is 16.6. The molecule has 1 aliphatic rings. The number of hydrogen-bond donors (Lipinski definition) is 1. The van der Waals surface area contributed by atoms with Crippen molar-refractivity contribution in [2.75, 3.05) is 12.9 Å². The molecule has 3 rings (SSSR count). The van der Waals surface area contributed by atoms with Gasteiger partial charge in [-0.3, -0.25) is 28.2 Å². The van der Waals surface area contributed by atoms with E-state index in [1.807, 2.05) is 18.2 Å². The molecule has 0 aliphatic carbocycles. The third-order valence-corrected chi connectivity index (χ3v) is 5.43. The van der Waals surface area contributed by atoms with Gasteiger partial charge in [-0.05, 0) is 43.4 Å². The lowest BCUT2D eigenvalue weighted by Gasteiger charge is -2.21. The highest BCUT2D eigenvalue weighted by atomic mass is 32.2. The van der Waals surface area contributed by atoms with Gasteiger partial charge in [0.15, 0.2) is 0 Å². The lowest BCUT2D eigenvalue weighted by Crippen LogP contribution is -2.44. The maximum atomic E-state index is 12.7. The Morgan fingerprint density at radius 3 is 2.61 bits per heavy atom. The Balaban J connectivity index is 1.78. The van der Waals surface area contributed by atoms with E-state index in [1.54, 1.807) is 7.05 Å². The monoisotopic (exact) mass is 409 g/mol. The van der Waals surface area contributed by atoms with E-state index in [-0.39, 0.29) is 24.6 Å². The Hall–Kier alpha value is -2.46. The number of fused-ring (bicyclic) bond motifs is 1. The van der Waals surface area contributed by atoms with Crippen LogP contribution in [0.5, 0.6) is 0 Å². The molecule has 2 heterocycles. The minimum absolute atomic E-state index is 0.144. The fraction of sp³-hybridized carbons (Fsp3) is 0.500. The Labute approximate surface area is 162 Å². The van der Waals surface area contributed by atoms with E-state index in [2.05, 4.69) is 5.32 Å². The van der Waals surface area contributed by atoms with E-state index < -0.39 is 22.1 Å². The topological polar surface area (TPSA) is 116 Å². The summed E-state index contributed by atoms with van der Waals surface area (Å²) in [6, 6.07) is 4.90. The molecule has 1 N–H and O–H groups in total. The van der Waals surface area contributed by atoms with Gasteiger partial charge < -0.3 is 0 Å². The van der Waals surface area contributed by atoms with Crippen LogP contribution in [0.2, 0.25) is 0 Å². The van der Waals surface area contributed by atoms with Gasteiger partial charge in [-0.15, -0.1) is 0 Å². The normalized spacial score (nSPS) is 17.9. The number of benzene rings is 1. The number of imide groups is 1. The number of unbranched alkanes of at least 4 members (excludes halogenated alkanes) is 1. The molecular formula is C18H23N3O6S. The number of aromatic nitrogens is 2. The van der Waals surface area contributed by atoms with Crippen LogP contribution in [0.25, 0.3) is 11.0 Å². The Morgan fingerprint density at radius 2 is 1.93 bits per heavy atom. The summed E-state index contributed by atoms with van der Waals surface area (Å²) in [4.78, 5) is 36.3. The third-order valence-electron chi connectivity index (χ3n) is 4.83. The van der Waals surface area contributed by atoms with Crippen LogP contribution < -0.4 is 11.0 Å². The van der Waals surface area contributed by atoms with Gasteiger partial charge in [0.25, 0.3) is 10.1 Å². The van der Waals surface area contributed by atoms with Crippen LogP contribution >= 0.6 is 0 Å². The van der Waals surface area contributed by atoms with Crippen molar-refractivity contribution in [1.29, 1.82) is 0 Å². The van der Waals surface area contributed by atoms with Gasteiger partial charge in [-0.2, -0.15) is 8.42 Å². The number of amides is 2. The maximum absolute atomic E-state index is 12.7. The molecule has 152 valence electrons. The van der Waals surface area contributed by atoms with Crippen molar-refractivity contribution in [2.45, 2.75) is 38.1 Å². The third kappa shape index (κ3) is 4.33. The molecule has 9 nitrogen and oxygen atoms in total. The lowest BCUT2D eigenvalue weighted by atomic mass is 10.0. The standard InChI is InChI=1S/C18H23N3O6S/c1-20-15-11-12(5-3-4-10-27-28(2,25)26)6-7-13(15)21(18(20)24)14-8-9-16(22)19-17(14)23/h6-7,11,14H,3-5,8-10H2,1-2H3,(H,19,22,23). The van der Waals surface area contributed by atoms with Crippen molar-refractivity contribution >= 4 is 33.0 Å². The van der Waals surface area contributed by atoms with Crippen LogP contribution in [-0.2, 0) is 37.4 Å².